The van der Waals surface area contributed by atoms with Crippen LogP contribution in [-0.2, 0) is 11.3 Å². The number of furan rings is 1. The molecule has 0 bridgehead atoms. The van der Waals surface area contributed by atoms with Gasteiger partial charge in [0.05, 0.1) is 13.7 Å². The number of methoxy groups -OCH3 is 1. The fourth-order valence-electron chi connectivity index (χ4n) is 1.90. The van der Waals surface area contributed by atoms with Crippen LogP contribution in [0.2, 0.25) is 0 Å². The van der Waals surface area contributed by atoms with Gasteiger partial charge in [0.1, 0.15) is 5.76 Å². The van der Waals surface area contributed by atoms with Gasteiger partial charge >= 0.3 is 5.97 Å². The Morgan fingerprint density at radius 3 is 3.12 bits per heavy atom. The minimum absolute atomic E-state index is 0.251. The Bertz CT molecular complexity index is 375. The molecule has 2 N–H and O–H groups in total. The number of carbonyl (C=O) groups excluding carboxylic acids is 1. The average Bonchev–Trinajstić information content (AvgIpc) is 2.87. The number of likely N-dealkylation sites (tertiary alicyclic amines) is 1. The smallest absolute Gasteiger partial charge is 0.373 e. The van der Waals surface area contributed by atoms with E-state index in [1.807, 2.05) is 0 Å². The van der Waals surface area contributed by atoms with Gasteiger partial charge in [0.25, 0.3) is 0 Å². The normalized spacial score (nSPS) is 21.2. The first kappa shape index (κ1) is 11.2. The Balaban J connectivity index is 1.95. The Kier molecular flexibility index (Phi) is 3.26. The first-order chi connectivity index (χ1) is 7.69. The lowest BCUT2D eigenvalue weighted by atomic mass is 10.3. The van der Waals surface area contributed by atoms with Crippen molar-refractivity contribution in [2.24, 2.45) is 5.73 Å². The molecule has 1 aromatic heterocycles. The molecule has 0 saturated carbocycles. The SMILES string of the molecule is COC(=O)c1ccc(CN2CC[C@H](N)C2)o1. The zero-order chi connectivity index (χ0) is 11.5. The number of rotatable bonds is 3. The van der Waals surface area contributed by atoms with Crippen LogP contribution >= 0.6 is 0 Å². The van der Waals surface area contributed by atoms with Gasteiger partial charge in [-0.1, -0.05) is 0 Å². The highest BCUT2D eigenvalue weighted by Gasteiger charge is 2.20. The van der Waals surface area contributed by atoms with Gasteiger partial charge in [-0.3, -0.25) is 4.90 Å². The van der Waals surface area contributed by atoms with Crippen molar-refractivity contribution in [3.05, 3.63) is 23.7 Å². The average molecular weight is 224 g/mol. The van der Waals surface area contributed by atoms with Crippen LogP contribution in [-0.4, -0.2) is 37.1 Å². The molecule has 2 rings (SSSR count). The number of carbonyl (C=O) groups is 1. The van der Waals surface area contributed by atoms with Crippen molar-refractivity contribution >= 4 is 5.97 Å². The molecule has 5 heteroatoms. The van der Waals surface area contributed by atoms with E-state index in [2.05, 4.69) is 9.64 Å². The summed E-state index contributed by atoms with van der Waals surface area (Å²) in [5, 5.41) is 0. The lowest BCUT2D eigenvalue weighted by molar-refractivity contribution is 0.0561. The number of nitrogens with zero attached hydrogens (tertiary/aromatic N) is 1. The van der Waals surface area contributed by atoms with Crippen LogP contribution in [0.25, 0.3) is 0 Å². The van der Waals surface area contributed by atoms with Crippen LogP contribution < -0.4 is 5.73 Å². The van der Waals surface area contributed by atoms with Gasteiger partial charge < -0.3 is 14.9 Å². The molecule has 2 heterocycles. The standard InChI is InChI=1S/C11H16N2O3/c1-15-11(14)10-3-2-9(16-10)7-13-5-4-8(12)6-13/h2-3,8H,4-7,12H2,1H3/t8-/m0/s1. The monoisotopic (exact) mass is 224 g/mol. The van der Waals surface area contributed by atoms with E-state index in [-0.39, 0.29) is 11.8 Å². The maximum Gasteiger partial charge on any atom is 0.373 e. The maximum absolute atomic E-state index is 11.2. The van der Waals surface area contributed by atoms with Gasteiger partial charge in [0.15, 0.2) is 0 Å². The summed E-state index contributed by atoms with van der Waals surface area (Å²) >= 11 is 0. The summed E-state index contributed by atoms with van der Waals surface area (Å²) in [6, 6.07) is 3.70. The van der Waals surface area contributed by atoms with Crippen molar-refractivity contribution in [1.82, 2.24) is 4.90 Å². The van der Waals surface area contributed by atoms with Gasteiger partial charge in [0, 0.05) is 19.1 Å². The van der Waals surface area contributed by atoms with E-state index in [4.69, 9.17) is 10.2 Å². The Labute approximate surface area is 94.1 Å². The van der Waals surface area contributed by atoms with E-state index in [1.165, 1.54) is 7.11 Å². The van der Waals surface area contributed by atoms with Crippen LogP contribution in [0.1, 0.15) is 22.7 Å². The van der Waals surface area contributed by atoms with E-state index >= 15 is 0 Å². The van der Waals surface area contributed by atoms with Crippen LogP contribution in [0.5, 0.6) is 0 Å². The summed E-state index contributed by atoms with van der Waals surface area (Å²) in [4.78, 5) is 13.4. The van der Waals surface area contributed by atoms with Crippen molar-refractivity contribution in [3.8, 4) is 0 Å². The van der Waals surface area contributed by atoms with Crippen LogP contribution in [0.3, 0.4) is 0 Å². The fourth-order valence-corrected chi connectivity index (χ4v) is 1.90. The molecule has 0 unspecified atom stereocenters. The van der Waals surface area contributed by atoms with Crippen LogP contribution in [0.4, 0.5) is 0 Å². The molecule has 1 aromatic rings. The second-order valence-electron chi connectivity index (χ2n) is 4.04. The molecule has 1 fully saturated rings. The summed E-state index contributed by atoms with van der Waals surface area (Å²) < 4.78 is 9.95. The molecule has 1 aliphatic rings. The molecule has 1 aliphatic heterocycles. The predicted molar refractivity (Wildman–Crippen MR) is 57.9 cm³/mol. The molecule has 88 valence electrons. The number of nitrogens with two attached hydrogens (primary N) is 1. The highest BCUT2D eigenvalue weighted by atomic mass is 16.5. The molecule has 0 amide bonds. The number of hydrogen-bond acceptors (Lipinski definition) is 5. The van der Waals surface area contributed by atoms with Crippen molar-refractivity contribution in [2.45, 2.75) is 19.0 Å². The maximum atomic E-state index is 11.2. The van der Waals surface area contributed by atoms with Gasteiger partial charge in [-0.15, -0.1) is 0 Å². The van der Waals surface area contributed by atoms with Crippen molar-refractivity contribution in [1.29, 1.82) is 0 Å². The van der Waals surface area contributed by atoms with Gasteiger partial charge in [-0.25, -0.2) is 4.79 Å². The lowest BCUT2D eigenvalue weighted by Gasteiger charge is -2.12. The highest BCUT2D eigenvalue weighted by molar-refractivity contribution is 5.86. The molecular weight excluding hydrogens is 208 g/mol. The van der Waals surface area contributed by atoms with E-state index < -0.39 is 5.97 Å². The Morgan fingerprint density at radius 1 is 1.69 bits per heavy atom. The van der Waals surface area contributed by atoms with Gasteiger partial charge in [0.2, 0.25) is 5.76 Å². The second kappa shape index (κ2) is 4.67. The van der Waals surface area contributed by atoms with E-state index in [9.17, 15) is 4.79 Å². The van der Waals surface area contributed by atoms with E-state index in [0.717, 1.165) is 25.3 Å². The third-order valence-electron chi connectivity index (χ3n) is 2.74. The van der Waals surface area contributed by atoms with Crippen molar-refractivity contribution in [2.75, 3.05) is 20.2 Å². The zero-order valence-electron chi connectivity index (χ0n) is 9.31. The molecule has 5 nitrogen and oxygen atoms in total. The van der Waals surface area contributed by atoms with Crippen molar-refractivity contribution in [3.63, 3.8) is 0 Å². The molecule has 16 heavy (non-hydrogen) atoms. The number of hydrogen-bond donors (Lipinski definition) is 1. The third-order valence-corrected chi connectivity index (χ3v) is 2.74. The Hall–Kier alpha value is -1.33. The van der Waals surface area contributed by atoms with E-state index in [1.54, 1.807) is 12.1 Å². The third kappa shape index (κ3) is 2.43. The lowest BCUT2D eigenvalue weighted by Crippen LogP contribution is -2.26. The predicted octanol–water partition coefficient (Wildman–Crippen LogP) is 0.599. The topological polar surface area (TPSA) is 68.7 Å². The summed E-state index contributed by atoms with van der Waals surface area (Å²) in [5.41, 5.74) is 5.81. The molecule has 0 radical (unpaired) electrons. The minimum atomic E-state index is -0.440. The first-order valence-corrected chi connectivity index (χ1v) is 5.34. The van der Waals surface area contributed by atoms with Gasteiger partial charge in [-0.05, 0) is 18.6 Å². The van der Waals surface area contributed by atoms with E-state index in [0.29, 0.717) is 6.54 Å². The summed E-state index contributed by atoms with van der Waals surface area (Å²) in [7, 11) is 1.34. The number of esters is 1. The largest absolute Gasteiger partial charge is 0.463 e. The number of ether oxygens (including phenoxy) is 1. The minimum Gasteiger partial charge on any atom is -0.463 e. The van der Waals surface area contributed by atoms with Crippen LogP contribution in [0.15, 0.2) is 16.5 Å². The summed E-state index contributed by atoms with van der Waals surface area (Å²) in [6.45, 7) is 2.56. The second-order valence-corrected chi connectivity index (χ2v) is 4.04. The molecule has 1 saturated heterocycles. The summed E-state index contributed by atoms with van der Waals surface area (Å²) in [5.74, 6) is 0.583. The Morgan fingerprint density at radius 2 is 2.50 bits per heavy atom. The molecule has 0 spiro atoms. The van der Waals surface area contributed by atoms with Gasteiger partial charge in [-0.2, -0.15) is 0 Å². The molecule has 0 aliphatic carbocycles. The highest BCUT2D eigenvalue weighted by Crippen LogP contribution is 2.15. The quantitative estimate of drug-likeness (QED) is 0.761. The summed E-state index contributed by atoms with van der Waals surface area (Å²) in [6.07, 6.45) is 1.02. The molecular formula is C11H16N2O3. The zero-order valence-corrected chi connectivity index (χ0v) is 9.31. The van der Waals surface area contributed by atoms with Crippen molar-refractivity contribution < 1.29 is 13.9 Å². The molecule has 0 aromatic carbocycles. The molecule has 1 atom stereocenters. The van der Waals surface area contributed by atoms with Crippen LogP contribution in [0, 0.1) is 0 Å². The fraction of sp³-hybridized carbons (Fsp3) is 0.545. The first-order valence-electron chi connectivity index (χ1n) is 5.34.